The molecule has 2 aliphatic heterocycles. The van der Waals surface area contributed by atoms with Crippen molar-refractivity contribution in [1.29, 1.82) is 0 Å². The van der Waals surface area contributed by atoms with E-state index in [1.807, 2.05) is 6.92 Å². The van der Waals surface area contributed by atoms with E-state index in [0.29, 0.717) is 0 Å². The van der Waals surface area contributed by atoms with Crippen LogP contribution in [0.1, 0.15) is 19.8 Å². The molecule has 0 bridgehead atoms. The predicted octanol–water partition coefficient (Wildman–Crippen LogP) is 0.383. The minimum absolute atomic E-state index is 0.188. The lowest BCUT2D eigenvalue weighted by Crippen LogP contribution is -2.41. The van der Waals surface area contributed by atoms with Crippen LogP contribution in [0.25, 0.3) is 0 Å². The summed E-state index contributed by atoms with van der Waals surface area (Å²) in [7, 11) is 0. The van der Waals surface area contributed by atoms with E-state index in [0.717, 1.165) is 18.8 Å². The molecule has 0 radical (unpaired) electrons. The van der Waals surface area contributed by atoms with Crippen LogP contribution in [0.4, 0.5) is 0 Å². The third-order valence-electron chi connectivity index (χ3n) is 2.40. The summed E-state index contributed by atoms with van der Waals surface area (Å²) in [4.78, 5) is 17.9. The Kier molecular flexibility index (Phi) is 1.84. The van der Waals surface area contributed by atoms with Crippen LogP contribution in [0.5, 0.6) is 0 Å². The highest BCUT2D eigenvalue weighted by Gasteiger charge is 2.36. The number of oxime groups is 1. The van der Waals surface area contributed by atoms with Crippen molar-refractivity contribution in [2.75, 3.05) is 13.1 Å². The molecule has 0 aromatic heterocycles. The summed E-state index contributed by atoms with van der Waals surface area (Å²) in [5, 5.41) is 3.67. The molecular weight excluding hydrogens is 156 g/mol. The summed E-state index contributed by atoms with van der Waals surface area (Å²) in [6, 6.07) is -0.188. The Balaban J connectivity index is 2.10. The molecule has 0 saturated carbocycles. The first kappa shape index (κ1) is 7.73. The summed E-state index contributed by atoms with van der Waals surface area (Å²) in [5.74, 6) is -0.214. The molecule has 0 aliphatic carbocycles. The van der Waals surface area contributed by atoms with E-state index < -0.39 is 0 Å². The Labute approximate surface area is 71.2 Å². The average molecular weight is 168 g/mol. The molecule has 0 aromatic rings. The van der Waals surface area contributed by atoms with Gasteiger partial charge in [-0.25, -0.2) is 4.79 Å². The summed E-state index contributed by atoms with van der Waals surface area (Å²) in [6.45, 7) is 3.83. The topological polar surface area (TPSA) is 41.9 Å². The fraction of sp³-hybridized carbons (Fsp3) is 0.750. The molecule has 0 N–H and O–H groups in total. The lowest BCUT2D eigenvalue weighted by molar-refractivity contribution is -0.144. The number of hydrogen-bond acceptors (Lipinski definition) is 4. The number of hydrogen-bond donors (Lipinski definition) is 0. The molecule has 2 rings (SSSR count). The second-order valence-corrected chi connectivity index (χ2v) is 3.29. The summed E-state index contributed by atoms with van der Waals surface area (Å²) >= 11 is 0. The Morgan fingerprint density at radius 1 is 1.50 bits per heavy atom. The van der Waals surface area contributed by atoms with E-state index in [-0.39, 0.29) is 12.0 Å². The van der Waals surface area contributed by atoms with E-state index >= 15 is 0 Å². The normalized spacial score (nSPS) is 30.6. The minimum atomic E-state index is -0.214. The lowest BCUT2D eigenvalue weighted by atomic mass is 10.2. The van der Waals surface area contributed by atoms with Crippen molar-refractivity contribution in [3.05, 3.63) is 0 Å². The van der Waals surface area contributed by atoms with E-state index in [2.05, 4.69) is 14.9 Å². The lowest BCUT2D eigenvalue weighted by Gasteiger charge is -2.18. The van der Waals surface area contributed by atoms with Crippen LogP contribution in [0.3, 0.4) is 0 Å². The SMILES string of the molecule is CC1=NOC(=O)C1N1CCCC1. The van der Waals surface area contributed by atoms with Crippen LogP contribution >= 0.6 is 0 Å². The van der Waals surface area contributed by atoms with Gasteiger partial charge in [0.1, 0.15) is 0 Å². The molecule has 4 nitrogen and oxygen atoms in total. The van der Waals surface area contributed by atoms with Gasteiger partial charge in [0.25, 0.3) is 0 Å². The van der Waals surface area contributed by atoms with E-state index in [1.54, 1.807) is 0 Å². The fourth-order valence-corrected chi connectivity index (χ4v) is 1.80. The third kappa shape index (κ3) is 1.12. The van der Waals surface area contributed by atoms with Crippen LogP contribution in [0.15, 0.2) is 5.16 Å². The highest BCUT2D eigenvalue weighted by Crippen LogP contribution is 2.17. The zero-order chi connectivity index (χ0) is 8.55. The van der Waals surface area contributed by atoms with Crippen molar-refractivity contribution in [2.24, 2.45) is 5.16 Å². The summed E-state index contributed by atoms with van der Waals surface area (Å²) in [5.41, 5.74) is 0.793. The molecule has 66 valence electrons. The smallest absolute Gasteiger partial charge is 0.316 e. The highest BCUT2D eigenvalue weighted by molar-refractivity contribution is 6.07. The fourth-order valence-electron chi connectivity index (χ4n) is 1.80. The Morgan fingerprint density at radius 3 is 2.67 bits per heavy atom. The van der Waals surface area contributed by atoms with Gasteiger partial charge < -0.3 is 4.84 Å². The standard InChI is InChI=1S/C8H12N2O2/c1-6-7(8(11)12-9-6)10-4-2-3-5-10/h7H,2-5H2,1H3. The van der Waals surface area contributed by atoms with E-state index in [1.165, 1.54) is 12.8 Å². The number of nitrogens with zero attached hydrogens (tertiary/aromatic N) is 2. The van der Waals surface area contributed by atoms with Crippen LogP contribution in [-0.4, -0.2) is 35.7 Å². The van der Waals surface area contributed by atoms with Gasteiger partial charge in [0.2, 0.25) is 0 Å². The molecule has 1 saturated heterocycles. The Bertz CT molecular complexity index is 231. The minimum Gasteiger partial charge on any atom is -0.316 e. The maximum atomic E-state index is 11.2. The van der Waals surface area contributed by atoms with Gasteiger partial charge in [0.15, 0.2) is 6.04 Å². The van der Waals surface area contributed by atoms with Crippen LogP contribution in [0, 0.1) is 0 Å². The van der Waals surface area contributed by atoms with Gasteiger partial charge in [-0.2, -0.15) is 0 Å². The van der Waals surface area contributed by atoms with Crippen molar-refractivity contribution < 1.29 is 9.63 Å². The first-order valence-corrected chi connectivity index (χ1v) is 4.28. The quantitative estimate of drug-likeness (QED) is 0.532. The Morgan fingerprint density at radius 2 is 2.17 bits per heavy atom. The van der Waals surface area contributed by atoms with Gasteiger partial charge in [0, 0.05) is 0 Å². The van der Waals surface area contributed by atoms with Crippen LogP contribution in [0.2, 0.25) is 0 Å². The zero-order valence-corrected chi connectivity index (χ0v) is 7.12. The molecule has 4 heteroatoms. The van der Waals surface area contributed by atoms with E-state index in [4.69, 9.17) is 0 Å². The highest BCUT2D eigenvalue weighted by atomic mass is 16.7. The molecule has 2 heterocycles. The van der Waals surface area contributed by atoms with Crippen molar-refractivity contribution in [3.8, 4) is 0 Å². The maximum absolute atomic E-state index is 11.2. The summed E-state index contributed by atoms with van der Waals surface area (Å²) < 4.78 is 0. The largest absolute Gasteiger partial charge is 0.357 e. The molecule has 12 heavy (non-hydrogen) atoms. The number of carbonyl (C=O) groups is 1. The van der Waals surface area contributed by atoms with Gasteiger partial charge in [-0.1, -0.05) is 5.16 Å². The van der Waals surface area contributed by atoms with Gasteiger partial charge in [-0.05, 0) is 32.9 Å². The first-order chi connectivity index (χ1) is 5.79. The number of carbonyl (C=O) groups excluding carboxylic acids is 1. The van der Waals surface area contributed by atoms with E-state index in [9.17, 15) is 4.79 Å². The second kappa shape index (κ2) is 2.86. The molecule has 0 amide bonds. The van der Waals surface area contributed by atoms with Gasteiger partial charge >= 0.3 is 5.97 Å². The number of rotatable bonds is 1. The molecule has 1 fully saturated rings. The molecule has 2 aliphatic rings. The van der Waals surface area contributed by atoms with Crippen LogP contribution in [-0.2, 0) is 9.63 Å². The zero-order valence-electron chi connectivity index (χ0n) is 7.12. The molecule has 1 atom stereocenters. The first-order valence-electron chi connectivity index (χ1n) is 4.28. The van der Waals surface area contributed by atoms with Gasteiger partial charge in [0.05, 0.1) is 5.71 Å². The van der Waals surface area contributed by atoms with Gasteiger partial charge in [-0.15, -0.1) is 0 Å². The predicted molar refractivity (Wildman–Crippen MR) is 43.8 cm³/mol. The molecule has 1 unspecified atom stereocenters. The molecule has 0 aromatic carbocycles. The molecule has 0 spiro atoms. The second-order valence-electron chi connectivity index (χ2n) is 3.29. The van der Waals surface area contributed by atoms with Gasteiger partial charge in [-0.3, -0.25) is 4.90 Å². The number of likely N-dealkylation sites (tertiary alicyclic amines) is 1. The Hall–Kier alpha value is -0.900. The monoisotopic (exact) mass is 168 g/mol. The average Bonchev–Trinajstić information content (AvgIpc) is 2.61. The van der Waals surface area contributed by atoms with Crippen molar-refractivity contribution in [2.45, 2.75) is 25.8 Å². The third-order valence-corrected chi connectivity index (χ3v) is 2.40. The molecular formula is C8H12N2O2. The van der Waals surface area contributed by atoms with Crippen LogP contribution < -0.4 is 0 Å². The maximum Gasteiger partial charge on any atom is 0.357 e. The summed E-state index contributed by atoms with van der Waals surface area (Å²) in [6.07, 6.45) is 2.36. The van der Waals surface area contributed by atoms with Crippen molar-refractivity contribution in [1.82, 2.24) is 4.90 Å². The van der Waals surface area contributed by atoms with Crippen molar-refractivity contribution in [3.63, 3.8) is 0 Å². The van der Waals surface area contributed by atoms with Crippen molar-refractivity contribution >= 4 is 11.7 Å².